The first-order valence-electron chi connectivity index (χ1n) is 8.15. The van der Waals surface area contributed by atoms with Gasteiger partial charge in [0.25, 0.3) is 0 Å². The number of anilines is 2. The van der Waals surface area contributed by atoms with E-state index in [0.717, 1.165) is 11.3 Å². The number of aromatic nitrogens is 1. The number of aromatic carboxylic acids is 1. The first kappa shape index (κ1) is 19.6. The molecule has 0 saturated heterocycles. The Morgan fingerprint density at radius 1 is 1.19 bits per heavy atom. The molecule has 8 heteroatoms. The van der Waals surface area contributed by atoms with Gasteiger partial charge in [0.2, 0.25) is 0 Å². The summed E-state index contributed by atoms with van der Waals surface area (Å²) in [5, 5.41) is 30.8. The maximum Gasteiger partial charge on any atom is 0.335 e. The Kier molecular flexibility index (Phi) is 6.88. The number of hydrogen-bond acceptors (Lipinski definition) is 6. The normalized spacial score (nSPS) is 10.6. The van der Waals surface area contributed by atoms with E-state index in [1.165, 1.54) is 24.3 Å². The van der Waals surface area contributed by atoms with Gasteiger partial charge in [-0.25, -0.2) is 14.2 Å². The highest BCUT2D eigenvalue weighted by Crippen LogP contribution is 2.19. The lowest BCUT2D eigenvalue weighted by molar-refractivity contribution is 0.0696. The molecule has 0 bridgehead atoms. The summed E-state index contributed by atoms with van der Waals surface area (Å²) in [6, 6.07) is 7.20. The average molecular weight is 363 g/mol. The number of pyridine rings is 1. The summed E-state index contributed by atoms with van der Waals surface area (Å²) in [5.41, 5.74) is 1.98. The van der Waals surface area contributed by atoms with Crippen LogP contribution in [0.15, 0.2) is 30.3 Å². The predicted octanol–water partition coefficient (Wildman–Crippen LogP) is 1.63. The van der Waals surface area contributed by atoms with E-state index in [9.17, 15) is 14.3 Å². The van der Waals surface area contributed by atoms with Crippen molar-refractivity contribution in [1.29, 1.82) is 0 Å². The maximum atomic E-state index is 13.2. The lowest BCUT2D eigenvalue weighted by Crippen LogP contribution is -2.31. The third-order valence-corrected chi connectivity index (χ3v) is 3.82. The molecular weight excluding hydrogens is 341 g/mol. The van der Waals surface area contributed by atoms with E-state index in [2.05, 4.69) is 10.3 Å². The summed E-state index contributed by atoms with van der Waals surface area (Å²) < 4.78 is 13.2. The fourth-order valence-corrected chi connectivity index (χ4v) is 2.54. The van der Waals surface area contributed by atoms with Crippen LogP contribution < -0.4 is 10.2 Å². The van der Waals surface area contributed by atoms with Crippen LogP contribution >= 0.6 is 0 Å². The van der Waals surface area contributed by atoms with Gasteiger partial charge in [0.1, 0.15) is 11.6 Å². The molecule has 2 aromatic rings. The molecule has 0 amide bonds. The fourth-order valence-electron chi connectivity index (χ4n) is 2.54. The van der Waals surface area contributed by atoms with Crippen LogP contribution in [0.25, 0.3) is 0 Å². The van der Waals surface area contributed by atoms with Crippen molar-refractivity contribution in [3.8, 4) is 0 Å². The molecule has 0 aliphatic carbocycles. The van der Waals surface area contributed by atoms with E-state index < -0.39 is 5.97 Å². The van der Waals surface area contributed by atoms with Crippen molar-refractivity contribution in [2.24, 2.45) is 0 Å². The molecule has 0 atom stereocenters. The zero-order valence-electron chi connectivity index (χ0n) is 14.4. The first-order valence-corrected chi connectivity index (χ1v) is 8.15. The summed E-state index contributed by atoms with van der Waals surface area (Å²) in [6.45, 7) is 2.15. The van der Waals surface area contributed by atoms with Crippen LogP contribution in [0, 0.1) is 12.7 Å². The van der Waals surface area contributed by atoms with Crippen molar-refractivity contribution in [3.05, 3.63) is 53.0 Å². The van der Waals surface area contributed by atoms with Gasteiger partial charge in [-0.1, -0.05) is 0 Å². The molecule has 26 heavy (non-hydrogen) atoms. The molecule has 0 saturated carbocycles. The SMILES string of the molecule is Cc1cc(F)ccc1NCc1cc(C(=O)O)cc(N(CCO)CCO)n1. The average Bonchev–Trinajstić information content (AvgIpc) is 2.60. The molecule has 7 nitrogen and oxygen atoms in total. The Balaban J connectivity index is 2.27. The number of aryl methyl sites for hydroxylation is 1. The zero-order chi connectivity index (χ0) is 19.1. The molecule has 0 aliphatic rings. The van der Waals surface area contributed by atoms with E-state index in [1.54, 1.807) is 17.9 Å². The molecular formula is C18H22FN3O4. The number of benzene rings is 1. The van der Waals surface area contributed by atoms with Gasteiger partial charge in [-0.05, 0) is 42.8 Å². The van der Waals surface area contributed by atoms with Crippen molar-refractivity contribution >= 4 is 17.5 Å². The van der Waals surface area contributed by atoms with Gasteiger partial charge in [0.15, 0.2) is 0 Å². The lowest BCUT2D eigenvalue weighted by Gasteiger charge is -2.23. The van der Waals surface area contributed by atoms with Crippen LogP contribution in [0.4, 0.5) is 15.9 Å². The summed E-state index contributed by atoms with van der Waals surface area (Å²) in [4.78, 5) is 17.4. The topological polar surface area (TPSA) is 106 Å². The predicted molar refractivity (Wildman–Crippen MR) is 96.0 cm³/mol. The van der Waals surface area contributed by atoms with Gasteiger partial charge < -0.3 is 25.5 Å². The Labute approximate surface area is 150 Å². The molecule has 4 N–H and O–H groups in total. The smallest absolute Gasteiger partial charge is 0.335 e. The van der Waals surface area contributed by atoms with Crippen LogP contribution in [0.1, 0.15) is 21.6 Å². The molecule has 140 valence electrons. The molecule has 1 heterocycles. The van der Waals surface area contributed by atoms with Gasteiger partial charge in [-0.3, -0.25) is 0 Å². The molecule has 1 aromatic carbocycles. The quantitative estimate of drug-likeness (QED) is 0.536. The number of nitrogens with zero attached hydrogens (tertiary/aromatic N) is 2. The van der Waals surface area contributed by atoms with Gasteiger partial charge >= 0.3 is 5.97 Å². The molecule has 2 rings (SSSR count). The summed E-state index contributed by atoms with van der Waals surface area (Å²) in [6.07, 6.45) is 0. The van der Waals surface area contributed by atoms with Crippen LogP contribution in [-0.2, 0) is 6.54 Å². The largest absolute Gasteiger partial charge is 0.478 e. The number of carbonyl (C=O) groups is 1. The third-order valence-electron chi connectivity index (χ3n) is 3.82. The molecule has 0 spiro atoms. The highest BCUT2D eigenvalue weighted by molar-refractivity contribution is 5.88. The zero-order valence-corrected chi connectivity index (χ0v) is 14.4. The highest BCUT2D eigenvalue weighted by atomic mass is 19.1. The number of aliphatic hydroxyl groups is 2. The molecule has 0 aliphatic heterocycles. The summed E-state index contributed by atoms with van der Waals surface area (Å²) in [5.74, 6) is -1.06. The number of halogens is 1. The first-order chi connectivity index (χ1) is 12.4. The monoisotopic (exact) mass is 363 g/mol. The minimum Gasteiger partial charge on any atom is -0.478 e. The van der Waals surface area contributed by atoms with E-state index in [0.29, 0.717) is 11.5 Å². The second-order valence-corrected chi connectivity index (χ2v) is 5.76. The van der Waals surface area contributed by atoms with E-state index in [1.807, 2.05) is 0 Å². The minimum atomic E-state index is -1.10. The number of carboxylic acid groups (broad SMARTS) is 1. The van der Waals surface area contributed by atoms with Crippen LogP contribution in [0.5, 0.6) is 0 Å². The van der Waals surface area contributed by atoms with Gasteiger partial charge in [-0.15, -0.1) is 0 Å². The number of nitrogens with one attached hydrogen (secondary N) is 1. The second kappa shape index (κ2) is 9.12. The summed E-state index contributed by atoms with van der Waals surface area (Å²) in [7, 11) is 0. The van der Waals surface area contributed by atoms with Crippen LogP contribution in [0.3, 0.4) is 0 Å². The summed E-state index contributed by atoms with van der Waals surface area (Å²) >= 11 is 0. The van der Waals surface area contributed by atoms with Gasteiger partial charge in [0.05, 0.1) is 31.0 Å². The molecule has 0 fully saturated rings. The Morgan fingerprint density at radius 2 is 1.88 bits per heavy atom. The van der Waals surface area contributed by atoms with Crippen molar-refractivity contribution < 1.29 is 24.5 Å². The van der Waals surface area contributed by atoms with E-state index >= 15 is 0 Å². The fraction of sp³-hybridized carbons (Fsp3) is 0.333. The second-order valence-electron chi connectivity index (χ2n) is 5.76. The van der Waals surface area contributed by atoms with Crippen molar-refractivity contribution in [3.63, 3.8) is 0 Å². The molecule has 1 aromatic heterocycles. The lowest BCUT2D eigenvalue weighted by atomic mass is 10.1. The molecule has 0 unspecified atom stereocenters. The Morgan fingerprint density at radius 3 is 2.46 bits per heavy atom. The molecule has 0 radical (unpaired) electrons. The van der Waals surface area contributed by atoms with Crippen LogP contribution in [-0.4, -0.2) is 52.6 Å². The van der Waals surface area contributed by atoms with E-state index in [-0.39, 0.29) is 44.2 Å². The standard InChI is InChI=1S/C18H22FN3O4/c1-12-8-14(19)2-3-16(12)20-11-15-9-13(18(25)26)10-17(21-15)22(4-6-23)5-7-24/h2-3,8-10,20,23-24H,4-7,11H2,1H3,(H,25,26). The number of hydrogen-bond donors (Lipinski definition) is 4. The number of carboxylic acids is 1. The van der Waals surface area contributed by atoms with Crippen molar-refractivity contribution in [1.82, 2.24) is 4.98 Å². The third kappa shape index (κ3) is 5.14. The van der Waals surface area contributed by atoms with Crippen molar-refractivity contribution in [2.75, 3.05) is 36.5 Å². The van der Waals surface area contributed by atoms with Crippen molar-refractivity contribution in [2.45, 2.75) is 13.5 Å². The van der Waals surface area contributed by atoms with Gasteiger partial charge in [0, 0.05) is 18.8 Å². The Hall–Kier alpha value is -2.71. The number of aliphatic hydroxyl groups excluding tert-OH is 2. The van der Waals surface area contributed by atoms with Gasteiger partial charge in [-0.2, -0.15) is 0 Å². The highest BCUT2D eigenvalue weighted by Gasteiger charge is 2.14. The minimum absolute atomic E-state index is 0.0588. The maximum absolute atomic E-state index is 13.2. The number of rotatable bonds is 9. The van der Waals surface area contributed by atoms with E-state index in [4.69, 9.17) is 10.2 Å². The Bertz CT molecular complexity index is 764. The van der Waals surface area contributed by atoms with Crippen LogP contribution in [0.2, 0.25) is 0 Å².